The summed E-state index contributed by atoms with van der Waals surface area (Å²) < 4.78 is 1.57. The number of hydrogen-bond acceptors (Lipinski definition) is 4. The average Bonchev–Trinajstić information content (AvgIpc) is 3.23. The second-order valence-electron chi connectivity index (χ2n) is 8.12. The van der Waals surface area contributed by atoms with Gasteiger partial charge in [-0.2, -0.15) is 10.2 Å². The van der Waals surface area contributed by atoms with Gasteiger partial charge in [0.15, 0.2) is 0 Å². The van der Waals surface area contributed by atoms with Gasteiger partial charge in [0.2, 0.25) is 0 Å². The number of nitrogens with one attached hydrogen (secondary N) is 1. The Kier molecular flexibility index (Phi) is 4.10. The summed E-state index contributed by atoms with van der Waals surface area (Å²) in [4.78, 5) is 27.3. The molecule has 2 aromatic heterocycles. The van der Waals surface area contributed by atoms with Crippen LogP contribution in [0, 0.1) is 0 Å². The average molecular weight is 367 g/mol. The van der Waals surface area contributed by atoms with E-state index in [4.69, 9.17) is 0 Å². The molecule has 1 amide bonds. The van der Waals surface area contributed by atoms with Gasteiger partial charge < -0.3 is 4.90 Å². The minimum atomic E-state index is -0.0502. The molecule has 142 valence electrons. The van der Waals surface area contributed by atoms with Crippen molar-refractivity contribution in [3.05, 3.63) is 45.1 Å². The molecular weight excluding hydrogens is 342 g/mol. The van der Waals surface area contributed by atoms with Crippen LogP contribution in [0.15, 0.2) is 16.9 Å². The highest BCUT2D eigenvalue weighted by Gasteiger charge is 2.33. The predicted octanol–water partition coefficient (Wildman–Crippen LogP) is 2.03. The molecule has 1 aliphatic heterocycles. The number of nitrogens with zero attached hydrogens (tertiary/aromatic N) is 4. The molecule has 7 heteroatoms. The molecule has 0 radical (unpaired) electrons. The van der Waals surface area contributed by atoms with E-state index < -0.39 is 0 Å². The van der Waals surface area contributed by atoms with Crippen molar-refractivity contribution in [2.75, 3.05) is 6.54 Å². The van der Waals surface area contributed by atoms with Crippen LogP contribution in [0.5, 0.6) is 0 Å². The summed E-state index contributed by atoms with van der Waals surface area (Å²) in [7, 11) is 0. The number of aryl methyl sites for hydroxylation is 2. The van der Waals surface area contributed by atoms with Crippen molar-refractivity contribution < 1.29 is 4.79 Å². The Morgan fingerprint density at radius 3 is 2.85 bits per heavy atom. The van der Waals surface area contributed by atoms with Crippen LogP contribution < -0.4 is 5.56 Å². The molecule has 1 saturated heterocycles. The van der Waals surface area contributed by atoms with Gasteiger partial charge in [0.25, 0.3) is 11.5 Å². The molecule has 0 aromatic carbocycles. The Morgan fingerprint density at radius 1 is 1.15 bits per heavy atom. The zero-order valence-electron chi connectivity index (χ0n) is 15.5. The molecule has 1 atom stereocenters. The Bertz CT molecular complexity index is 927. The zero-order valence-corrected chi connectivity index (χ0v) is 15.5. The van der Waals surface area contributed by atoms with E-state index in [1.54, 1.807) is 10.7 Å². The summed E-state index contributed by atoms with van der Waals surface area (Å²) in [5.74, 6) is 0.512. The number of aromatic amines is 1. The van der Waals surface area contributed by atoms with Crippen LogP contribution in [0.25, 0.3) is 0 Å². The SMILES string of the molecule is O=C(c1cc(C2CC2)[nH]n1)N1CCCC1Cn1nc2c(cc1=O)CCCC2. The van der Waals surface area contributed by atoms with Gasteiger partial charge in [-0.15, -0.1) is 0 Å². The van der Waals surface area contributed by atoms with Crippen molar-refractivity contribution in [2.24, 2.45) is 0 Å². The van der Waals surface area contributed by atoms with Gasteiger partial charge in [0.05, 0.1) is 18.3 Å². The van der Waals surface area contributed by atoms with E-state index in [1.165, 1.54) is 12.8 Å². The third-order valence-electron chi connectivity index (χ3n) is 6.13. The Balaban J connectivity index is 1.35. The van der Waals surface area contributed by atoms with E-state index in [2.05, 4.69) is 15.3 Å². The zero-order chi connectivity index (χ0) is 18.4. The lowest BCUT2D eigenvalue weighted by Crippen LogP contribution is -2.41. The smallest absolute Gasteiger partial charge is 0.274 e. The van der Waals surface area contributed by atoms with Crippen LogP contribution in [0.3, 0.4) is 0 Å². The summed E-state index contributed by atoms with van der Waals surface area (Å²) >= 11 is 0. The van der Waals surface area contributed by atoms with Crippen molar-refractivity contribution in [3.63, 3.8) is 0 Å². The first kappa shape index (κ1) is 16.7. The highest BCUT2D eigenvalue weighted by molar-refractivity contribution is 5.92. The third-order valence-corrected chi connectivity index (χ3v) is 6.13. The molecule has 1 N–H and O–H groups in total. The van der Waals surface area contributed by atoms with Crippen LogP contribution in [-0.4, -0.2) is 43.4 Å². The van der Waals surface area contributed by atoms with Gasteiger partial charge in [0.1, 0.15) is 5.69 Å². The molecule has 2 fully saturated rings. The number of amides is 1. The highest BCUT2D eigenvalue weighted by atomic mass is 16.2. The van der Waals surface area contributed by atoms with Gasteiger partial charge in [-0.3, -0.25) is 14.7 Å². The lowest BCUT2D eigenvalue weighted by molar-refractivity contribution is 0.0714. The quantitative estimate of drug-likeness (QED) is 0.896. The fourth-order valence-corrected chi connectivity index (χ4v) is 4.42. The van der Waals surface area contributed by atoms with E-state index in [0.717, 1.165) is 62.0 Å². The summed E-state index contributed by atoms with van der Waals surface area (Å²) in [6.07, 6.45) is 8.37. The second kappa shape index (κ2) is 6.62. The molecule has 0 spiro atoms. The number of carbonyl (C=O) groups excluding carboxylic acids is 1. The first-order valence-electron chi connectivity index (χ1n) is 10.2. The molecule has 1 saturated carbocycles. The normalized spacial score (nSPS) is 22.1. The Labute approximate surface area is 157 Å². The molecule has 1 unspecified atom stereocenters. The van der Waals surface area contributed by atoms with Crippen molar-refractivity contribution in [1.82, 2.24) is 24.9 Å². The molecule has 3 heterocycles. The standard InChI is InChI=1S/C20H25N5O2/c26-19-10-14-4-1-2-6-16(14)23-25(19)12-15-5-3-9-24(15)20(27)18-11-17(21-22-18)13-7-8-13/h10-11,13,15H,1-9,12H2,(H,21,22). The van der Waals surface area contributed by atoms with Gasteiger partial charge in [-0.05, 0) is 63.0 Å². The summed E-state index contributed by atoms with van der Waals surface area (Å²) in [6.45, 7) is 1.19. The van der Waals surface area contributed by atoms with E-state index >= 15 is 0 Å². The number of likely N-dealkylation sites (tertiary alicyclic amines) is 1. The minimum Gasteiger partial charge on any atom is -0.332 e. The van der Waals surface area contributed by atoms with E-state index in [1.807, 2.05) is 11.0 Å². The number of rotatable bonds is 4. The molecule has 7 nitrogen and oxygen atoms in total. The lowest BCUT2D eigenvalue weighted by Gasteiger charge is -2.25. The van der Waals surface area contributed by atoms with Crippen molar-refractivity contribution >= 4 is 5.91 Å². The Hall–Kier alpha value is -2.44. The van der Waals surface area contributed by atoms with E-state index in [-0.39, 0.29) is 17.5 Å². The van der Waals surface area contributed by atoms with Gasteiger partial charge in [-0.25, -0.2) is 4.68 Å². The fourth-order valence-electron chi connectivity index (χ4n) is 4.42. The fraction of sp³-hybridized carbons (Fsp3) is 0.600. The maximum absolute atomic E-state index is 13.0. The van der Waals surface area contributed by atoms with E-state index in [0.29, 0.717) is 18.2 Å². The van der Waals surface area contributed by atoms with Crippen LogP contribution in [-0.2, 0) is 19.4 Å². The molecule has 0 bridgehead atoms. The van der Waals surface area contributed by atoms with Gasteiger partial charge >= 0.3 is 0 Å². The number of H-pyrrole nitrogens is 1. The largest absolute Gasteiger partial charge is 0.332 e. The van der Waals surface area contributed by atoms with Crippen LogP contribution in [0.1, 0.15) is 71.9 Å². The maximum Gasteiger partial charge on any atom is 0.274 e. The molecule has 27 heavy (non-hydrogen) atoms. The summed E-state index contributed by atoms with van der Waals surface area (Å²) in [5, 5.41) is 11.9. The van der Waals surface area contributed by atoms with Gasteiger partial charge in [0, 0.05) is 24.2 Å². The number of hydrogen-bond donors (Lipinski definition) is 1. The number of carbonyl (C=O) groups is 1. The van der Waals surface area contributed by atoms with Crippen LogP contribution in [0.2, 0.25) is 0 Å². The second-order valence-corrected chi connectivity index (χ2v) is 8.12. The molecular formula is C20H25N5O2. The van der Waals surface area contributed by atoms with Crippen LogP contribution >= 0.6 is 0 Å². The topological polar surface area (TPSA) is 83.9 Å². The predicted molar refractivity (Wildman–Crippen MR) is 99.8 cm³/mol. The van der Waals surface area contributed by atoms with E-state index in [9.17, 15) is 9.59 Å². The molecule has 5 rings (SSSR count). The van der Waals surface area contributed by atoms with Crippen molar-refractivity contribution in [3.8, 4) is 0 Å². The molecule has 3 aliphatic rings. The lowest BCUT2D eigenvalue weighted by atomic mass is 9.97. The summed E-state index contributed by atoms with van der Waals surface area (Å²) in [6, 6.07) is 3.65. The first-order valence-corrected chi connectivity index (χ1v) is 10.2. The summed E-state index contributed by atoms with van der Waals surface area (Å²) in [5.41, 5.74) is 3.67. The molecule has 2 aromatic rings. The highest BCUT2D eigenvalue weighted by Crippen LogP contribution is 2.39. The van der Waals surface area contributed by atoms with Crippen LogP contribution in [0.4, 0.5) is 0 Å². The third kappa shape index (κ3) is 3.19. The van der Waals surface area contributed by atoms with Gasteiger partial charge in [-0.1, -0.05) is 0 Å². The Morgan fingerprint density at radius 2 is 2.00 bits per heavy atom. The minimum absolute atomic E-state index is 0.00501. The first-order chi connectivity index (χ1) is 13.2. The number of aromatic nitrogens is 4. The van der Waals surface area contributed by atoms with Crippen molar-refractivity contribution in [2.45, 2.75) is 69.9 Å². The number of fused-ring (bicyclic) bond motifs is 1. The van der Waals surface area contributed by atoms with Crippen molar-refractivity contribution in [1.29, 1.82) is 0 Å². The monoisotopic (exact) mass is 367 g/mol. The molecule has 2 aliphatic carbocycles. The maximum atomic E-state index is 13.0.